The minimum Gasteiger partial charge on any atom is -0.748 e. The zero-order chi connectivity index (χ0) is 16.8. The lowest BCUT2D eigenvalue weighted by Crippen LogP contribution is -2.37. The van der Waals surface area contributed by atoms with Crippen molar-refractivity contribution in [2.45, 2.75) is 71.8 Å². The van der Waals surface area contributed by atoms with E-state index in [4.69, 9.17) is 13.0 Å². The molecule has 0 aliphatic carbocycles. The number of nitrogens with zero attached hydrogens (tertiary/aromatic N) is 1. The number of aryl methyl sites for hydroxylation is 2. The van der Waals surface area contributed by atoms with Crippen LogP contribution in [-0.4, -0.2) is 19.2 Å². The fraction of sp³-hybridized carbons (Fsp3) is 0.706. The molecular formula is C17H31NO3S. The Labute approximate surface area is 136 Å². The zero-order valence-electron chi connectivity index (χ0n) is 14.3. The number of rotatable bonds is 9. The summed E-state index contributed by atoms with van der Waals surface area (Å²) in [6.45, 7) is 5.73. The topological polar surface area (TPSA) is 61.1 Å². The van der Waals surface area contributed by atoms with Gasteiger partial charge in [0.1, 0.15) is 6.54 Å². The molecule has 1 aromatic heterocycles. The molecule has 0 fully saturated rings. The van der Waals surface area contributed by atoms with Gasteiger partial charge in [0.15, 0.2) is 11.9 Å². The molecule has 0 aromatic carbocycles. The summed E-state index contributed by atoms with van der Waals surface area (Å²) in [5.41, 5.74) is 1.50. The Balaban J connectivity index is 0.000000763. The molecular weight excluding hydrogens is 298 g/mol. The molecule has 0 unspecified atom stereocenters. The molecule has 1 rings (SSSR count). The minimum atomic E-state index is -3.92. The van der Waals surface area contributed by atoms with Gasteiger partial charge in [0, 0.05) is 31.2 Å². The van der Waals surface area contributed by atoms with Crippen LogP contribution in [0.15, 0.2) is 24.4 Å². The van der Waals surface area contributed by atoms with Crippen LogP contribution in [0.4, 0.5) is 0 Å². The number of hydrogen-bond donors (Lipinski definition) is 0. The lowest BCUT2D eigenvalue weighted by atomic mass is 10.1. The van der Waals surface area contributed by atoms with Crippen LogP contribution in [0.2, 0.25) is 0 Å². The van der Waals surface area contributed by atoms with Crippen LogP contribution in [0, 0.1) is 0 Å². The van der Waals surface area contributed by atoms with E-state index in [1.165, 1.54) is 63.6 Å². The Kier molecular flexibility index (Phi) is 12.1. The molecule has 0 spiro atoms. The third kappa shape index (κ3) is 14.0. The van der Waals surface area contributed by atoms with Gasteiger partial charge in [-0.25, -0.2) is 13.0 Å². The summed E-state index contributed by atoms with van der Waals surface area (Å²) in [6.07, 6.45) is 13.5. The molecule has 0 aliphatic heterocycles. The molecule has 0 saturated carbocycles. The van der Waals surface area contributed by atoms with Crippen molar-refractivity contribution in [2.75, 3.05) is 6.26 Å². The van der Waals surface area contributed by atoms with Crippen molar-refractivity contribution in [3.8, 4) is 0 Å². The summed E-state index contributed by atoms with van der Waals surface area (Å²) in [6, 6.07) is 6.60. The Morgan fingerprint density at radius 1 is 1.00 bits per heavy atom. The number of aromatic nitrogens is 1. The third-order valence-electron chi connectivity index (χ3n) is 3.32. The van der Waals surface area contributed by atoms with E-state index in [0.29, 0.717) is 6.26 Å². The maximum atomic E-state index is 9.08. The number of hydrogen-bond acceptors (Lipinski definition) is 3. The highest BCUT2D eigenvalue weighted by molar-refractivity contribution is 7.84. The minimum absolute atomic E-state index is 0.604. The van der Waals surface area contributed by atoms with Crippen LogP contribution >= 0.6 is 0 Å². The first-order chi connectivity index (χ1) is 10.4. The van der Waals surface area contributed by atoms with Crippen LogP contribution < -0.4 is 4.57 Å². The Morgan fingerprint density at radius 3 is 2.18 bits per heavy atom. The van der Waals surface area contributed by atoms with Gasteiger partial charge in [0.25, 0.3) is 0 Å². The summed E-state index contributed by atoms with van der Waals surface area (Å²) >= 11 is 0. The first-order valence-electron chi connectivity index (χ1n) is 8.26. The molecule has 4 nitrogen and oxygen atoms in total. The van der Waals surface area contributed by atoms with Gasteiger partial charge in [-0.05, 0) is 12.8 Å². The highest BCUT2D eigenvalue weighted by atomic mass is 32.2. The van der Waals surface area contributed by atoms with E-state index in [2.05, 4.69) is 42.8 Å². The molecule has 0 bridgehead atoms. The molecule has 5 heteroatoms. The number of unbranched alkanes of at least 4 members (excludes halogenated alkanes) is 5. The Morgan fingerprint density at radius 2 is 1.59 bits per heavy atom. The second-order valence-electron chi connectivity index (χ2n) is 5.61. The molecule has 1 aromatic rings. The second kappa shape index (κ2) is 12.6. The molecule has 0 N–H and O–H groups in total. The maximum Gasteiger partial charge on any atom is 0.181 e. The van der Waals surface area contributed by atoms with Gasteiger partial charge in [0.05, 0.1) is 10.1 Å². The van der Waals surface area contributed by atoms with Gasteiger partial charge < -0.3 is 4.55 Å². The van der Waals surface area contributed by atoms with E-state index in [9.17, 15) is 0 Å². The standard InChI is InChI=1S/C16H28N.CH4O3S/c1-3-5-7-8-10-14-17-15-11-9-13-16(17)12-6-4-2;1-5(2,3)4/h9,11,13,15H,3-8,10,12,14H2,1-2H3;1H3,(H,2,3,4)/q+1;/p-1. The summed E-state index contributed by atoms with van der Waals surface area (Å²) in [7, 11) is -3.92. The van der Waals surface area contributed by atoms with Crippen molar-refractivity contribution < 1.29 is 17.5 Å². The van der Waals surface area contributed by atoms with Crippen LogP contribution in [-0.2, 0) is 23.1 Å². The molecule has 0 amide bonds. The second-order valence-corrected chi connectivity index (χ2v) is 7.02. The van der Waals surface area contributed by atoms with E-state index in [1.54, 1.807) is 0 Å². The fourth-order valence-corrected chi connectivity index (χ4v) is 2.20. The monoisotopic (exact) mass is 329 g/mol. The van der Waals surface area contributed by atoms with E-state index in [1.807, 2.05) is 0 Å². The predicted molar refractivity (Wildman–Crippen MR) is 89.6 cm³/mol. The van der Waals surface area contributed by atoms with Gasteiger partial charge in [-0.1, -0.05) is 45.6 Å². The van der Waals surface area contributed by atoms with E-state index in [-0.39, 0.29) is 0 Å². The quantitative estimate of drug-likeness (QED) is 0.396. The highest BCUT2D eigenvalue weighted by Gasteiger charge is 2.07. The van der Waals surface area contributed by atoms with Crippen LogP contribution in [0.25, 0.3) is 0 Å². The summed E-state index contributed by atoms with van der Waals surface area (Å²) in [5, 5.41) is 0. The van der Waals surface area contributed by atoms with Gasteiger partial charge in [-0.2, -0.15) is 0 Å². The Hall–Kier alpha value is -0.940. The predicted octanol–water partition coefficient (Wildman–Crippen LogP) is 3.45. The zero-order valence-corrected chi connectivity index (χ0v) is 15.1. The Bertz CT molecular complexity index is 478. The van der Waals surface area contributed by atoms with Crippen molar-refractivity contribution in [1.29, 1.82) is 0 Å². The third-order valence-corrected chi connectivity index (χ3v) is 3.32. The molecule has 0 radical (unpaired) electrons. The van der Waals surface area contributed by atoms with Crippen molar-refractivity contribution in [3.63, 3.8) is 0 Å². The van der Waals surface area contributed by atoms with Gasteiger partial charge >= 0.3 is 0 Å². The van der Waals surface area contributed by atoms with E-state index in [0.717, 1.165) is 0 Å². The van der Waals surface area contributed by atoms with Crippen molar-refractivity contribution in [2.24, 2.45) is 0 Å². The lowest BCUT2D eigenvalue weighted by Gasteiger charge is -2.03. The van der Waals surface area contributed by atoms with Crippen LogP contribution in [0.5, 0.6) is 0 Å². The highest BCUT2D eigenvalue weighted by Crippen LogP contribution is 2.04. The SMILES string of the molecule is CCCCCCC[n+]1ccccc1CCCC.CS(=O)(=O)[O-]. The van der Waals surface area contributed by atoms with Gasteiger partial charge in [0.2, 0.25) is 0 Å². The first kappa shape index (κ1) is 21.1. The van der Waals surface area contributed by atoms with Crippen molar-refractivity contribution in [1.82, 2.24) is 0 Å². The van der Waals surface area contributed by atoms with Crippen LogP contribution in [0.3, 0.4) is 0 Å². The van der Waals surface area contributed by atoms with Gasteiger partial charge in [-0.15, -0.1) is 0 Å². The molecule has 22 heavy (non-hydrogen) atoms. The normalized spacial score (nSPS) is 10.9. The lowest BCUT2D eigenvalue weighted by molar-refractivity contribution is -0.704. The molecule has 0 atom stereocenters. The molecule has 128 valence electrons. The fourth-order valence-electron chi connectivity index (χ4n) is 2.20. The van der Waals surface area contributed by atoms with Crippen molar-refractivity contribution in [3.05, 3.63) is 30.1 Å². The first-order valence-corrected chi connectivity index (χ1v) is 10.1. The average Bonchev–Trinajstić information content (AvgIpc) is 2.44. The summed E-state index contributed by atoms with van der Waals surface area (Å²) in [5.74, 6) is 0. The van der Waals surface area contributed by atoms with Gasteiger partial charge in [-0.3, -0.25) is 0 Å². The molecule has 0 aliphatic rings. The molecule has 0 saturated heterocycles. The van der Waals surface area contributed by atoms with Crippen molar-refractivity contribution >= 4 is 10.1 Å². The number of pyridine rings is 1. The van der Waals surface area contributed by atoms with E-state index >= 15 is 0 Å². The maximum absolute atomic E-state index is 9.08. The molecule has 1 heterocycles. The summed E-state index contributed by atoms with van der Waals surface area (Å²) in [4.78, 5) is 0. The summed E-state index contributed by atoms with van der Waals surface area (Å²) < 4.78 is 29.7. The van der Waals surface area contributed by atoms with Crippen LogP contribution in [0.1, 0.15) is 64.5 Å². The largest absolute Gasteiger partial charge is 0.748 e. The average molecular weight is 330 g/mol. The smallest absolute Gasteiger partial charge is 0.181 e. The van der Waals surface area contributed by atoms with E-state index < -0.39 is 10.1 Å².